The Kier molecular flexibility index (Phi) is 5.19. The van der Waals surface area contributed by atoms with Gasteiger partial charge in [-0.15, -0.1) is 0 Å². The SMILES string of the molecule is CC(=O)NC[C@H]1[C@H]2C[C@H](CN(Cc3ccc4cccnc4c3)C2)[C@@H]2CCCC(=O)N21. The average Bonchev–Trinajstić information content (AvgIpc) is 2.74. The Hall–Kier alpha value is -2.47. The summed E-state index contributed by atoms with van der Waals surface area (Å²) in [5.41, 5.74) is 2.33. The monoisotopic (exact) mass is 406 g/mol. The van der Waals surface area contributed by atoms with Gasteiger partial charge in [-0.05, 0) is 48.8 Å². The van der Waals surface area contributed by atoms with E-state index in [2.05, 4.69) is 44.4 Å². The fourth-order valence-corrected chi connectivity index (χ4v) is 5.98. The maximum Gasteiger partial charge on any atom is 0.223 e. The van der Waals surface area contributed by atoms with E-state index in [0.29, 0.717) is 30.8 Å². The smallest absolute Gasteiger partial charge is 0.223 e. The quantitative estimate of drug-likeness (QED) is 0.848. The first-order valence-electron chi connectivity index (χ1n) is 11.2. The lowest BCUT2D eigenvalue weighted by Crippen LogP contribution is -2.66. The molecule has 3 fully saturated rings. The Morgan fingerprint density at radius 3 is 2.97 bits per heavy atom. The number of fused-ring (bicyclic) bond motifs is 5. The molecule has 0 radical (unpaired) electrons. The number of benzene rings is 1. The second kappa shape index (κ2) is 7.99. The lowest BCUT2D eigenvalue weighted by atomic mass is 9.72. The van der Waals surface area contributed by atoms with Crippen molar-refractivity contribution < 1.29 is 9.59 Å². The summed E-state index contributed by atoms with van der Waals surface area (Å²) in [5, 5.41) is 4.17. The van der Waals surface area contributed by atoms with Gasteiger partial charge in [0.05, 0.1) is 11.6 Å². The molecule has 2 aromatic rings. The number of rotatable bonds is 4. The molecule has 30 heavy (non-hydrogen) atoms. The van der Waals surface area contributed by atoms with Gasteiger partial charge in [0, 0.05) is 57.1 Å². The third-order valence-electron chi connectivity index (χ3n) is 7.21. The van der Waals surface area contributed by atoms with Gasteiger partial charge in [0.15, 0.2) is 0 Å². The molecule has 0 aliphatic carbocycles. The van der Waals surface area contributed by atoms with Crippen LogP contribution in [0.15, 0.2) is 36.5 Å². The molecule has 1 aromatic heterocycles. The number of likely N-dealkylation sites (tertiary alicyclic amines) is 1. The molecular formula is C24H30N4O2. The minimum atomic E-state index is -0.0190. The molecule has 4 heterocycles. The summed E-state index contributed by atoms with van der Waals surface area (Å²) in [6.07, 6.45) is 5.74. The Balaban J connectivity index is 1.37. The standard InChI is InChI=1S/C24H30N4O2/c1-16(29)26-12-23-20-11-19(22-5-2-6-24(30)28(22)23)14-27(15-20)13-17-7-8-18-4-3-9-25-21(18)10-17/h3-4,7-10,19-20,22-23H,2,5-6,11-15H2,1H3,(H,26,29)/t19-,20+,22+,23+/m1/s1. The summed E-state index contributed by atoms with van der Waals surface area (Å²) in [6, 6.07) is 11.1. The van der Waals surface area contributed by atoms with Crippen LogP contribution in [0.1, 0.15) is 38.2 Å². The zero-order valence-electron chi connectivity index (χ0n) is 17.6. The van der Waals surface area contributed by atoms with Crippen molar-refractivity contribution in [2.24, 2.45) is 11.8 Å². The summed E-state index contributed by atoms with van der Waals surface area (Å²) >= 11 is 0. The summed E-state index contributed by atoms with van der Waals surface area (Å²) in [5.74, 6) is 1.20. The van der Waals surface area contributed by atoms with Crippen molar-refractivity contribution in [3.63, 3.8) is 0 Å². The van der Waals surface area contributed by atoms with Crippen LogP contribution in [0.2, 0.25) is 0 Å². The molecule has 2 bridgehead atoms. The van der Waals surface area contributed by atoms with Crippen LogP contribution >= 0.6 is 0 Å². The average molecular weight is 407 g/mol. The molecular weight excluding hydrogens is 376 g/mol. The second-order valence-corrected chi connectivity index (χ2v) is 9.25. The number of piperidine rings is 3. The number of hydrogen-bond donors (Lipinski definition) is 1. The van der Waals surface area contributed by atoms with E-state index >= 15 is 0 Å². The van der Waals surface area contributed by atoms with Crippen molar-refractivity contribution in [3.05, 3.63) is 42.1 Å². The molecule has 2 amide bonds. The fourth-order valence-electron chi connectivity index (χ4n) is 5.98. The van der Waals surface area contributed by atoms with Crippen LogP contribution in [0.25, 0.3) is 10.9 Å². The van der Waals surface area contributed by atoms with Crippen LogP contribution in [0.4, 0.5) is 0 Å². The van der Waals surface area contributed by atoms with E-state index in [-0.39, 0.29) is 17.9 Å². The van der Waals surface area contributed by atoms with Crippen LogP contribution in [-0.4, -0.2) is 58.3 Å². The van der Waals surface area contributed by atoms with Gasteiger partial charge in [0.25, 0.3) is 0 Å². The maximum absolute atomic E-state index is 12.8. The predicted molar refractivity (Wildman–Crippen MR) is 116 cm³/mol. The zero-order valence-corrected chi connectivity index (χ0v) is 17.6. The van der Waals surface area contributed by atoms with Crippen LogP contribution in [-0.2, 0) is 16.1 Å². The molecule has 1 N–H and O–H groups in total. The Morgan fingerprint density at radius 1 is 1.23 bits per heavy atom. The molecule has 6 heteroatoms. The highest BCUT2D eigenvalue weighted by atomic mass is 16.2. The third kappa shape index (κ3) is 3.69. The van der Waals surface area contributed by atoms with Gasteiger partial charge >= 0.3 is 0 Å². The van der Waals surface area contributed by atoms with Gasteiger partial charge in [-0.1, -0.05) is 18.2 Å². The molecule has 3 aliphatic heterocycles. The highest BCUT2D eigenvalue weighted by Crippen LogP contribution is 2.41. The van der Waals surface area contributed by atoms with Gasteiger partial charge < -0.3 is 10.2 Å². The number of aromatic nitrogens is 1. The minimum absolute atomic E-state index is 0.0190. The summed E-state index contributed by atoms with van der Waals surface area (Å²) < 4.78 is 0. The molecule has 158 valence electrons. The molecule has 5 rings (SSSR count). The Bertz CT molecular complexity index is 961. The first-order valence-corrected chi connectivity index (χ1v) is 11.2. The van der Waals surface area contributed by atoms with Crippen LogP contribution in [0, 0.1) is 11.8 Å². The normalized spacial score (nSPS) is 29.0. The van der Waals surface area contributed by atoms with Gasteiger partial charge in [-0.3, -0.25) is 19.5 Å². The molecule has 6 nitrogen and oxygen atoms in total. The van der Waals surface area contributed by atoms with Crippen molar-refractivity contribution in [2.75, 3.05) is 19.6 Å². The number of nitrogens with one attached hydrogen (secondary N) is 1. The van der Waals surface area contributed by atoms with E-state index in [1.165, 1.54) is 10.9 Å². The van der Waals surface area contributed by atoms with Gasteiger partial charge in [-0.25, -0.2) is 0 Å². The van der Waals surface area contributed by atoms with Crippen molar-refractivity contribution in [2.45, 2.75) is 51.2 Å². The first-order chi connectivity index (χ1) is 14.6. The minimum Gasteiger partial charge on any atom is -0.354 e. The van der Waals surface area contributed by atoms with Crippen molar-refractivity contribution in [3.8, 4) is 0 Å². The zero-order chi connectivity index (χ0) is 20.7. The molecule has 3 saturated heterocycles. The maximum atomic E-state index is 12.8. The number of pyridine rings is 1. The highest BCUT2D eigenvalue weighted by Gasteiger charge is 2.49. The van der Waals surface area contributed by atoms with Crippen molar-refractivity contribution >= 4 is 22.7 Å². The van der Waals surface area contributed by atoms with Crippen LogP contribution in [0.3, 0.4) is 0 Å². The largest absolute Gasteiger partial charge is 0.354 e. The molecule has 0 saturated carbocycles. The van der Waals surface area contributed by atoms with E-state index < -0.39 is 0 Å². The van der Waals surface area contributed by atoms with E-state index in [1.54, 1.807) is 6.92 Å². The third-order valence-corrected chi connectivity index (χ3v) is 7.21. The van der Waals surface area contributed by atoms with Crippen LogP contribution < -0.4 is 5.32 Å². The summed E-state index contributed by atoms with van der Waals surface area (Å²) in [6.45, 7) is 5.05. The number of carbonyl (C=O) groups is 2. The van der Waals surface area contributed by atoms with Crippen molar-refractivity contribution in [1.82, 2.24) is 20.1 Å². The fraction of sp³-hybridized carbons (Fsp3) is 0.542. The summed E-state index contributed by atoms with van der Waals surface area (Å²) in [7, 11) is 0. The molecule has 1 aromatic carbocycles. The topological polar surface area (TPSA) is 65.5 Å². The highest BCUT2D eigenvalue weighted by molar-refractivity contribution is 5.79. The predicted octanol–water partition coefficient (Wildman–Crippen LogP) is 2.57. The number of carbonyl (C=O) groups excluding carboxylic acids is 2. The summed E-state index contributed by atoms with van der Waals surface area (Å²) in [4.78, 5) is 33.6. The van der Waals surface area contributed by atoms with E-state index in [1.807, 2.05) is 12.3 Å². The molecule has 4 atom stereocenters. The van der Waals surface area contributed by atoms with E-state index in [9.17, 15) is 9.59 Å². The van der Waals surface area contributed by atoms with Gasteiger partial charge in [0.1, 0.15) is 0 Å². The van der Waals surface area contributed by atoms with Gasteiger partial charge in [0.2, 0.25) is 11.8 Å². The number of amides is 2. The number of hydrogen-bond acceptors (Lipinski definition) is 4. The Morgan fingerprint density at radius 2 is 2.10 bits per heavy atom. The van der Waals surface area contributed by atoms with Crippen molar-refractivity contribution in [1.29, 1.82) is 0 Å². The van der Waals surface area contributed by atoms with E-state index in [4.69, 9.17) is 0 Å². The Labute approximate surface area is 177 Å². The first kappa shape index (κ1) is 19.5. The van der Waals surface area contributed by atoms with Crippen LogP contribution in [0.5, 0.6) is 0 Å². The number of nitrogens with zero attached hydrogens (tertiary/aromatic N) is 3. The van der Waals surface area contributed by atoms with Gasteiger partial charge in [-0.2, -0.15) is 0 Å². The lowest BCUT2D eigenvalue weighted by Gasteiger charge is -2.56. The molecule has 0 unspecified atom stereocenters. The van der Waals surface area contributed by atoms with E-state index in [0.717, 1.165) is 44.4 Å². The lowest BCUT2D eigenvalue weighted by molar-refractivity contribution is -0.153. The second-order valence-electron chi connectivity index (χ2n) is 9.25. The molecule has 3 aliphatic rings. The molecule has 0 spiro atoms.